The summed E-state index contributed by atoms with van der Waals surface area (Å²) in [6, 6.07) is 3.93. The minimum atomic E-state index is -3.58. The van der Waals surface area contributed by atoms with Crippen LogP contribution in [0.15, 0.2) is 23.1 Å². The first-order valence-electron chi connectivity index (χ1n) is 6.15. The third kappa shape index (κ3) is 2.83. The van der Waals surface area contributed by atoms with E-state index in [2.05, 4.69) is 0 Å². The Hall–Kier alpha value is -1.31. The zero-order valence-corrected chi connectivity index (χ0v) is 11.6. The summed E-state index contributed by atoms with van der Waals surface area (Å²) < 4.78 is 31.8. The fourth-order valence-corrected chi connectivity index (χ4v) is 3.49. The van der Waals surface area contributed by atoms with Gasteiger partial charge in [0.2, 0.25) is 10.0 Å². The van der Waals surface area contributed by atoms with E-state index in [1.807, 2.05) is 6.92 Å². The van der Waals surface area contributed by atoms with E-state index in [1.165, 1.54) is 22.5 Å². The molecule has 0 radical (unpaired) electrons. The van der Waals surface area contributed by atoms with Crippen molar-refractivity contribution >= 4 is 15.7 Å². The van der Waals surface area contributed by atoms with Gasteiger partial charge in [0.25, 0.3) is 0 Å². The van der Waals surface area contributed by atoms with Crippen molar-refractivity contribution in [1.29, 1.82) is 0 Å². The number of nitrogens with zero attached hydrogens (tertiary/aromatic N) is 1. The molecule has 0 amide bonds. The Bertz CT molecular complexity index is 559. The molecule has 0 aromatic heterocycles. The topological polar surface area (TPSA) is 92.9 Å². The molecule has 1 aromatic rings. The van der Waals surface area contributed by atoms with Gasteiger partial charge in [0.05, 0.1) is 23.3 Å². The molecule has 0 bridgehead atoms. The van der Waals surface area contributed by atoms with Gasteiger partial charge < -0.3 is 15.6 Å². The van der Waals surface area contributed by atoms with Crippen LogP contribution in [0.25, 0.3) is 0 Å². The van der Waals surface area contributed by atoms with Crippen LogP contribution >= 0.6 is 0 Å². The van der Waals surface area contributed by atoms with Crippen LogP contribution in [0.5, 0.6) is 5.75 Å². The maximum absolute atomic E-state index is 12.4. The molecule has 0 aliphatic carbocycles. The number of rotatable bonds is 3. The van der Waals surface area contributed by atoms with Crippen LogP contribution in [0.1, 0.15) is 13.3 Å². The molecular formula is C12H18N2O4S. The summed E-state index contributed by atoms with van der Waals surface area (Å²) >= 11 is 0. The molecule has 1 aliphatic heterocycles. The lowest BCUT2D eigenvalue weighted by Gasteiger charge is -2.31. The van der Waals surface area contributed by atoms with Gasteiger partial charge in [0, 0.05) is 13.1 Å². The SMILES string of the molecule is CCC1CN(S(=O)(=O)c2ccc(O)c(N)c2)CCO1. The quantitative estimate of drug-likeness (QED) is 0.632. The van der Waals surface area contributed by atoms with Crippen molar-refractivity contribution in [3.63, 3.8) is 0 Å². The molecule has 106 valence electrons. The normalized spacial score (nSPS) is 21.4. The minimum Gasteiger partial charge on any atom is -0.506 e. The highest BCUT2D eigenvalue weighted by Gasteiger charge is 2.30. The number of nitrogen functional groups attached to an aromatic ring is 1. The number of phenols is 1. The molecular weight excluding hydrogens is 268 g/mol. The van der Waals surface area contributed by atoms with Crippen molar-refractivity contribution < 1.29 is 18.3 Å². The molecule has 3 N–H and O–H groups in total. The van der Waals surface area contributed by atoms with E-state index in [0.717, 1.165) is 6.42 Å². The summed E-state index contributed by atoms with van der Waals surface area (Å²) in [5.74, 6) is -0.118. The Morgan fingerprint density at radius 2 is 2.26 bits per heavy atom. The number of sulfonamides is 1. The number of benzene rings is 1. The van der Waals surface area contributed by atoms with Crippen LogP contribution in [0.4, 0.5) is 5.69 Å². The lowest BCUT2D eigenvalue weighted by atomic mass is 10.2. The Morgan fingerprint density at radius 1 is 1.53 bits per heavy atom. The van der Waals surface area contributed by atoms with Gasteiger partial charge in [0.1, 0.15) is 5.75 Å². The second-order valence-corrected chi connectivity index (χ2v) is 6.42. The molecule has 1 saturated heterocycles. The molecule has 1 aromatic carbocycles. The van der Waals surface area contributed by atoms with E-state index in [9.17, 15) is 13.5 Å². The molecule has 6 nitrogen and oxygen atoms in total. The summed E-state index contributed by atoms with van der Waals surface area (Å²) in [5.41, 5.74) is 5.60. The zero-order chi connectivity index (χ0) is 14.0. The number of anilines is 1. The summed E-state index contributed by atoms with van der Waals surface area (Å²) in [6.45, 7) is 3.03. The van der Waals surface area contributed by atoms with Gasteiger partial charge in [0.15, 0.2) is 0 Å². The van der Waals surface area contributed by atoms with E-state index in [0.29, 0.717) is 19.7 Å². The summed E-state index contributed by atoms with van der Waals surface area (Å²) in [4.78, 5) is 0.0968. The summed E-state index contributed by atoms with van der Waals surface area (Å²) in [5, 5.41) is 9.35. The second-order valence-electron chi connectivity index (χ2n) is 4.48. The fourth-order valence-electron chi connectivity index (χ4n) is 2.00. The van der Waals surface area contributed by atoms with Crippen molar-refractivity contribution in [2.45, 2.75) is 24.3 Å². The Labute approximate surface area is 112 Å². The zero-order valence-electron chi connectivity index (χ0n) is 10.7. The van der Waals surface area contributed by atoms with Crippen LogP contribution < -0.4 is 5.73 Å². The minimum absolute atomic E-state index is 0.0568. The smallest absolute Gasteiger partial charge is 0.243 e. The third-order valence-corrected chi connectivity index (χ3v) is 5.05. The highest BCUT2D eigenvalue weighted by atomic mass is 32.2. The van der Waals surface area contributed by atoms with E-state index in [1.54, 1.807) is 0 Å². The maximum atomic E-state index is 12.4. The highest BCUT2D eigenvalue weighted by Crippen LogP contribution is 2.26. The Balaban J connectivity index is 2.28. The maximum Gasteiger partial charge on any atom is 0.243 e. The Kier molecular flexibility index (Phi) is 3.98. The van der Waals surface area contributed by atoms with Crippen LogP contribution in [-0.2, 0) is 14.8 Å². The predicted molar refractivity (Wildman–Crippen MR) is 71.3 cm³/mol. The Morgan fingerprint density at radius 3 is 2.89 bits per heavy atom. The molecule has 1 aliphatic rings. The monoisotopic (exact) mass is 286 g/mol. The molecule has 1 fully saturated rings. The fraction of sp³-hybridized carbons (Fsp3) is 0.500. The lowest BCUT2D eigenvalue weighted by Crippen LogP contribution is -2.45. The number of aromatic hydroxyl groups is 1. The van der Waals surface area contributed by atoms with Crippen molar-refractivity contribution in [3.8, 4) is 5.75 Å². The van der Waals surface area contributed by atoms with Gasteiger partial charge in [-0.15, -0.1) is 0 Å². The second kappa shape index (κ2) is 5.36. The molecule has 0 spiro atoms. The number of nitrogens with two attached hydrogens (primary N) is 1. The lowest BCUT2D eigenvalue weighted by molar-refractivity contribution is -0.00277. The molecule has 1 heterocycles. The molecule has 1 atom stereocenters. The summed E-state index contributed by atoms with van der Waals surface area (Å²) in [6.07, 6.45) is 0.696. The van der Waals surface area contributed by atoms with Crippen molar-refractivity contribution in [2.24, 2.45) is 0 Å². The van der Waals surface area contributed by atoms with Gasteiger partial charge in [-0.2, -0.15) is 4.31 Å². The highest BCUT2D eigenvalue weighted by molar-refractivity contribution is 7.89. The third-order valence-electron chi connectivity index (χ3n) is 3.19. The summed E-state index contributed by atoms with van der Waals surface area (Å²) in [7, 11) is -3.58. The average Bonchev–Trinajstić information content (AvgIpc) is 2.41. The van der Waals surface area contributed by atoms with E-state index >= 15 is 0 Å². The number of morpholine rings is 1. The van der Waals surface area contributed by atoms with Gasteiger partial charge in [-0.05, 0) is 24.6 Å². The molecule has 2 rings (SSSR count). The van der Waals surface area contributed by atoms with Crippen LogP contribution in [0, 0.1) is 0 Å². The van der Waals surface area contributed by atoms with Crippen LogP contribution in [0.3, 0.4) is 0 Å². The number of ether oxygens (including phenoxy) is 1. The van der Waals surface area contributed by atoms with Gasteiger partial charge in [-0.1, -0.05) is 6.92 Å². The molecule has 0 saturated carbocycles. The standard InChI is InChI=1S/C12H18N2O4S/c1-2-9-8-14(5-6-18-9)19(16,17)10-3-4-12(15)11(13)7-10/h3-4,7,9,15H,2,5-6,8,13H2,1H3. The van der Waals surface area contributed by atoms with Crippen molar-refractivity contribution in [1.82, 2.24) is 4.31 Å². The first-order valence-corrected chi connectivity index (χ1v) is 7.59. The predicted octanol–water partition coefficient (Wildman–Crippen LogP) is 0.774. The first-order chi connectivity index (χ1) is 8.95. The van der Waals surface area contributed by atoms with Gasteiger partial charge in [-0.3, -0.25) is 0 Å². The van der Waals surface area contributed by atoms with E-state index in [4.69, 9.17) is 10.5 Å². The van der Waals surface area contributed by atoms with Gasteiger partial charge in [-0.25, -0.2) is 8.42 Å². The van der Waals surface area contributed by atoms with Crippen molar-refractivity contribution in [2.75, 3.05) is 25.4 Å². The average molecular weight is 286 g/mol. The van der Waals surface area contributed by atoms with E-state index < -0.39 is 10.0 Å². The van der Waals surface area contributed by atoms with Crippen LogP contribution in [0.2, 0.25) is 0 Å². The van der Waals surface area contributed by atoms with Gasteiger partial charge >= 0.3 is 0 Å². The van der Waals surface area contributed by atoms with Crippen molar-refractivity contribution in [3.05, 3.63) is 18.2 Å². The van der Waals surface area contributed by atoms with E-state index in [-0.39, 0.29) is 22.4 Å². The largest absolute Gasteiger partial charge is 0.506 e. The number of phenolic OH excluding ortho intramolecular Hbond substituents is 1. The molecule has 7 heteroatoms. The number of hydrogen-bond acceptors (Lipinski definition) is 5. The molecule has 1 unspecified atom stereocenters. The number of hydrogen-bond donors (Lipinski definition) is 2. The molecule has 19 heavy (non-hydrogen) atoms. The van der Waals surface area contributed by atoms with Crippen LogP contribution in [-0.4, -0.2) is 43.6 Å². The first kappa shape index (κ1) is 14.1.